The van der Waals surface area contributed by atoms with Crippen LogP contribution in [0.2, 0.25) is 0 Å². The molecule has 0 radical (unpaired) electrons. The lowest BCUT2D eigenvalue weighted by molar-refractivity contribution is 0.724. The molecule has 236 valence electrons. The Kier molecular flexibility index (Phi) is 6.97. The first-order chi connectivity index (χ1) is 24.6. The van der Waals surface area contributed by atoms with E-state index in [2.05, 4.69) is 150 Å². The summed E-state index contributed by atoms with van der Waals surface area (Å²) in [5.74, 6) is 0.313. The molecule has 2 aromatic heterocycles. The first kappa shape index (κ1) is 29.5. The molecule has 0 saturated heterocycles. The van der Waals surface area contributed by atoms with Crippen molar-refractivity contribution in [3.8, 4) is 45.8 Å². The van der Waals surface area contributed by atoms with Gasteiger partial charge in [-0.3, -0.25) is 0 Å². The van der Waals surface area contributed by atoms with E-state index in [4.69, 9.17) is 0 Å². The highest BCUT2D eigenvalue weighted by atomic mass is 15.0. The van der Waals surface area contributed by atoms with Crippen molar-refractivity contribution in [2.24, 2.45) is 0 Å². The second-order valence-corrected chi connectivity index (χ2v) is 13.2. The van der Waals surface area contributed by atoms with Gasteiger partial charge in [0, 0.05) is 56.9 Å². The third-order valence-electron chi connectivity index (χ3n) is 10.3. The zero-order chi connectivity index (χ0) is 33.8. The summed E-state index contributed by atoms with van der Waals surface area (Å²) >= 11 is 0. The number of aromatic nitrogens is 2. The fraction of sp³-hybridized carbons (Fsp3) is 0.0870. The van der Waals surface area contributed by atoms with E-state index in [0.29, 0.717) is 17.0 Å². The zero-order valence-electron chi connectivity index (χ0n) is 27.6. The van der Waals surface area contributed by atoms with Gasteiger partial charge in [0.05, 0.1) is 40.0 Å². The molecule has 1 unspecified atom stereocenters. The number of allylic oxidation sites excluding steroid dienone is 4. The molecule has 0 amide bonds. The number of hydrogen-bond donors (Lipinski definition) is 0. The van der Waals surface area contributed by atoms with Gasteiger partial charge in [-0.1, -0.05) is 110 Å². The summed E-state index contributed by atoms with van der Waals surface area (Å²) in [4.78, 5) is 0. The van der Waals surface area contributed by atoms with E-state index in [-0.39, 0.29) is 0 Å². The van der Waals surface area contributed by atoms with Crippen LogP contribution in [0.25, 0.3) is 67.6 Å². The Hall–Kier alpha value is -6.62. The summed E-state index contributed by atoms with van der Waals surface area (Å²) in [6, 6.07) is 42.5. The van der Waals surface area contributed by atoms with Crippen molar-refractivity contribution in [3.05, 3.63) is 167 Å². The lowest BCUT2D eigenvalue weighted by Crippen LogP contribution is -2.08. The third-order valence-corrected chi connectivity index (χ3v) is 10.3. The lowest BCUT2D eigenvalue weighted by Gasteiger charge is -2.22. The van der Waals surface area contributed by atoms with Gasteiger partial charge in [-0.05, 0) is 65.6 Å². The van der Waals surface area contributed by atoms with Gasteiger partial charge >= 0.3 is 0 Å². The zero-order valence-corrected chi connectivity index (χ0v) is 27.6. The molecular weight excluding hydrogens is 609 g/mol. The fourth-order valence-electron chi connectivity index (χ4n) is 7.99. The minimum atomic E-state index is 0.313. The molecule has 2 aliphatic rings. The van der Waals surface area contributed by atoms with Gasteiger partial charge in [0.2, 0.25) is 0 Å². The maximum atomic E-state index is 10.5. The predicted molar refractivity (Wildman–Crippen MR) is 204 cm³/mol. The predicted octanol–water partition coefficient (Wildman–Crippen LogP) is 11.3. The monoisotopic (exact) mass is 640 g/mol. The van der Waals surface area contributed by atoms with Crippen LogP contribution >= 0.6 is 0 Å². The largest absolute Gasteiger partial charge is 0.313 e. The van der Waals surface area contributed by atoms with Crippen molar-refractivity contribution in [1.82, 2.24) is 9.13 Å². The lowest BCUT2D eigenvalue weighted by atomic mass is 9.92. The molecule has 0 saturated carbocycles. The summed E-state index contributed by atoms with van der Waals surface area (Å²) in [6.07, 6.45) is 14.9. The fourth-order valence-corrected chi connectivity index (χ4v) is 7.99. The minimum Gasteiger partial charge on any atom is -0.313 e. The SMILES string of the molecule is CC1CC=Cc2c1n(-c1cc(C#N)ccc1-c1ccc(-c3ccc(-n4c5c(c6ccccc64)C=CC=CC5)cc3)c(C#N)c1)c1ccccc21. The van der Waals surface area contributed by atoms with Crippen LogP contribution in [0.5, 0.6) is 0 Å². The van der Waals surface area contributed by atoms with Crippen molar-refractivity contribution >= 4 is 34.0 Å². The molecular formula is C46H32N4. The molecule has 0 fully saturated rings. The van der Waals surface area contributed by atoms with Crippen LogP contribution < -0.4 is 0 Å². The normalized spacial score (nSPS) is 14.7. The smallest absolute Gasteiger partial charge is 0.0998 e. The van der Waals surface area contributed by atoms with Crippen molar-refractivity contribution in [2.45, 2.75) is 25.7 Å². The van der Waals surface area contributed by atoms with Crippen molar-refractivity contribution < 1.29 is 0 Å². The van der Waals surface area contributed by atoms with E-state index in [1.165, 1.54) is 38.8 Å². The summed E-state index contributed by atoms with van der Waals surface area (Å²) in [7, 11) is 0. The number of nitriles is 2. The van der Waals surface area contributed by atoms with E-state index in [1.54, 1.807) is 0 Å². The number of benzene rings is 5. The Morgan fingerprint density at radius 1 is 0.640 bits per heavy atom. The molecule has 2 heterocycles. The average molecular weight is 641 g/mol. The Balaban J connectivity index is 1.15. The van der Waals surface area contributed by atoms with Gasteiger partial charge in [-0.2, -0.15) is 10.5 Å². The van der Waals surface area contributed by atoms with Crippen LogP contribution in [-0.2, 0) is 6.42 Å². The Bertz CT molecular complexity index is 2680. The second-order valence-electron chi connectivity index (χ2n) is 13.2. The van der Waals surface area contributed by atoms with Crippen LogP contribution in [0, 0.1) is 22.7 Å². The molecule has 50 heavy (non-hydrogen) atoms. The highest BCUT2D eigenvalue weighted by Crippen LogP contribution is 2.42. The topological polar surface area (TPSA) is 57.4 Å². The summed E-state index contributed by atoms with van der Waals surface area (Å²) in [5.41, 5.74) is 14.4. The van der Waals surface area contributed by atoms with Gasteiger partial charge in [0.15, 0.2) is 0 Å². The van der Waals surface area contributed by atoms with E-state index >= 15 is 0 Å². The first-order valence-electron chi connectivity index (χ1n) is 17.1. The van der Waals surface area contributed by atoms with Crippen LogP contribution in [0.3, 0.4) is 0 Å². The number of hydrogen-bond acceptors (Lipinski definition) is 2. The Morgan fingerprint density at radius 2 is 1.36 bits per heavy atom. The van der Waals surface area contributed by atoms with Crippen LogP contribution in [0.15, 0.2) is 133 Å². The van der Waals surface area contributed by atoms with Crippen LogP contribution in [-0.4, -0.2) is 9.13 Å². The van der Waals surface area contributed by atoms with Gasteiger partial charge in [-0.15, -0.1) is 0 Å². The Morgan fingerprint density at radius 3 is 2.14 bits per heavy atom. The molecule has 1 atom stereocenters. The van der Waals surface area contributed by atoms with Gasteiger partial charge in [-0.25, -0.2) is 0 Å². The van der Waals surface area contributed by atoms with Gasteiger partial charge in [0.1, 0.15) is 0 Å². The maximum absolute atomic E-state index is 10.5. The summed E-state index contributed by atoms with van der Waals surface area (Å²) < 4.78 is 4.69. The number of rotatable bonds is 4. The standard InChI is InChI=1S/C46H32N4/c1-30-10-9-14-41-40-13-6-8-17-44(40)50(46(30)41)45-26-31(28-47)18-24-37(45)33-21-25-36(34(27-33)29-48)32-19-22-35(23-20-32)49-42-15-4-2-3-11-38(42)39-12-5-7-16-43(39)49/h2-9,11-14,16-27,30H,10,15H2,1H3. The van der Waals surface area contributed by atoms with Gasteiger partial charge in [0.25, 0.3) is 0 Å². The third kappa shape index (κ3) is 4.58. The summed E-state index contributed by atoms with van der Waals surface area (Å²) in [5, 5.41) is 22.9. The number of nitrogens with zero attached hydrogens (tertiary/aromatic N) is 4. The second kappa shape index (κ2) is 11.8. The molecule has 9 rings (SSSR count). The van der Waals surface area contributed by atoms with Crippen LogP contribution in [0.1, 0.15) is 52.9 Å². The van der Waals surface area contributed by atoms with Crippen molar-refractivity contribution in [2.75, 3.05) is 0 Å². The summed E-state index contributed by atoms with van der Waals surface area (Å²) in [6.45, 7) is 2.27. The quantitative estimate of drug-likeness (QED) is 0.192. The molecule has 0 bridgehead atoms. The number of para-hydroxylation sites is 2. The molecule has 0 aliphatic heterocycles. The number of fused-ring (bicyclic) bond motifs is 6. The molecule has 0 N–H and O–H groups in total. The molecule has 0 spiro atoms. The highest BCUT2D eigenvalue weighted by molar-refractivity contribution is 5.96. The average Bonchev–Trinajstić information content (AvgIpc) is 3.55. The highest BCUT2D eigenvalue weighted by Gasteiger charge is 2.25. The minimum absolute atomic E-state index is 0.313. The van der Waals surface area contributed by atoms with E-state index in [1.807, 2.05) is 24.3 Å². The van der Waals surface area contributed by atoms with Crippen LogP contribution in [0.4, 0.5) is 0 Å². The van der Waals surface area contributed by atoms with E-state index in [9.17, 15) is 10.5 Å². The van der Waals surface area contributed by atoms with Crippen molar-refractivity contribution in [1.29, 1.82) is 10.5 Å². The van der Waals surface area contributed by atoms with Crippen molar-refractivity contribution in [3.63, 3.8) is 0 Å². The molecule has 4 nitrogen and oxygen atoms in total. The van der Waals surface area contributed by atoms with E-state index < -0.39 is 0 Å². The molecule has 5 aromatic carbocycles. The first-order valence-corrected chi connectivity index (χ1v) is 17.1. The van der Waals surface area contributed by atoms with E-state index in [0.717, 1.165) is 52.0 Å². The maximum Gasteiger partial charge on any atom is 0.0998 e. The Labute approximate surface area is 291 Å². The van der Waals surface area contributed by atoms with Gasteiger partial charge < -0.3 is 9.13 Å². The molecule has 2 aliphatic carbocycles. The molecule has 7 aromatic rings. The molecule has 4 heteroatoms.